The van der Waals surface area contributed by atoms with Crippen molar-refractivity contribution in [2.75, 3.05) is 18.8 Å². The number of hydrogen-bond acceptors (Lipinski definition) is 5. The van der Waals surface area contributed by atoms with Crippen LogP contribution in [0.5, 0.6) is 0 Å². The number of thioether (sulfide) groups is 1. The number of nitrogens with zero attached hydrogens (tertiary/aromatic N) is 2. The summed E-state index contributed by atoms with van der Waals surface area (Å²) < 4.78 is 1.12. The van der Waals surface area contributed by atoms with Gasteiger partial charge in [0.2, 0.25) is 0 Å². The molecule has 72 valence electrons. The van der Waals surface area contributed by atoms with Crippen molar-refractivity contribution in [2.45, 2.75) is 17.7 Å². The molecule has 1 aromatic rings. The summed E-state index contributed by atoms with van der Waals surface area (Å²) in [6, 6.07) is 0. The lowest BCUT2D eigenvalue weighted by molar-refractivity contribution is 0.341. The number of rotatable bonds is 4. The number of hydrogen-bond donors (Lipinski definition) is 1. The lowest BCUT2D eigenvalue weighted by atomic mass is 10.0. The van der Waals surface area contributed by atoms with Gasteiger partial charge in [0.1, 0.15) is 5.01 Å². The molecule has 0 atom stereocenters. The first-order valence-electron chi connectivity index (χ1n) is 4.48. The van der Waals surface area contributed by atoms with E-state index in [9.17, 15) is 0 Å². The molecule has 2 heterocycles. The minimum absolute atomic E-state index is 0.904. The van der Waals surface area contributed by atoms with Crippen molar-refractivity contribution in [2.24, 2.45) is 5.92 Å². The first kappa shape index (κ1) is 9.43. The largest absolute Gasteiger partial charge is 0.316 e. The summed E-state index contributed by atoms with van der Waals surface area (Å²) in [5.41, 5.74) is 0. The summed E-state index contributed by atoms with van der Waals surface area (Å²) in [6.45, 7) is 4.41. The Kier molecular flexibility index (Phi) is 3.18. The highest BCUT2D eigenvalue weighted by molar-refractivity contribution is 8.01. The smallest absolute Gasteiger partial charge is 0.174 e. The van der Waals surface area contributed by atoms with Crippen LogP contribution in [0.15, 0.2) is 4.34 Å². The second kappa shape index (κ2) is 4.39. The normalized spacial score (nSPS) is 17.3. The Balaban J connectivity index is 1.67. The SMILES string of the molecule is Cc1nnc(SCCC2CNC2)s1. The fourth-order valence-electron chi connectivity index (χ4n) is 1.20. The van der Waals surface area contributed by atoms with Crippen molar-refractivity contribution in [3.63, 3.8) is 0 Å². The second-order valence-electron chi connectivity index (χ2n) is 3.25. The summed E-state index contributed by atoms with van der Waals surface area (Å²) in [7, 11) is 0. The monoisotopic (exact) mass is 215 g/mol. The molecule has 5 heteroatoms. The van der Waals surface area contributed by atoms with Crippen LogP contribution >= 0.6 is 23.1 Å². The Morgan fingerprint density at radius 2 is 2.38 bits per heavy atom. The molecule has 13 heavy (non-hydrogen) atoms. The van der Waals surface area contributed by atoms with E-state index in [1.54, 1.807) is 11.3 Å². The van der Waals surface area contributed by atoms with Gasteiger partial charge in [0.15, 0.2) is 4.34 Å². The Morgan fingerprint density at radius 1 is 1.54 bits per heavy atom. The number of nitrogens with one attached hydrogen (secondary N) is 1. The van der Waals surface area contributed by atoms with Crippen LogP contribution in [0.2, 0.25) is 0 Å². The zero-order valence-corrected chi connectivity index (χ0v) is 9.25. The highest BCUT2D eigenvalue weighted by Crippen LogP contribution is 2.24. The van der Waals surface area contributed by atoms with E-state index < -0.39 is 0 Å². The fourth-order valence-corrected chi connectivity index (χ4v) is 3.19. The lowest BCUT2D eigenvalue weighted by Gasteiger charge is -2.26. The van der Waals surface area contributed by atoms with E-state index in [1.807, 2.05) is 18.7 Å². The average Bonchev–Trinajstić information content (AvgIpc) is 2.42. The van der Waals surface area contributed by atoms with Gasteiger partial charge in [-0.25, -0.2) is 0 Å². The molecule has 0 radical (unpaired) electrons. The zero-order valence-electron chi connectivity index (χ0n) is 7.62. The molecule has 1 aliphatic rings. The van der Waals surface area contributed by atoms with Crippen molar-refractivity contribution in [1.82, 2.24) is 15.5 Å². The molecule has 0 aromatic carbocycles. The van der Waals surface area contributed by atoms with E-state index in [1.165, 1.54) is 25.3 Å². The molecular weight excluding hydrogens is 202 g/mol. The predicted molar refractivity (Wildman–Crippen MR) is 56.3 cm³/mol. The predicted octanol–water partition coefficient (Wildman–Crippen LogP) is 1.55. The van der Waals surface area contributed by atoms with E-state index in [2.05, 4.69) is 15.5 Å². The molecule has 0 amide bonds. The van der Waals surface area contributed by atoms with Crippen LogP contribution < -0.4 is 5.32 Å². The lowest BCUT2D eigenvalue weighted by Crippen LogP contribution is -2.42. The van der Waals surface area contributed by atoms with E-state index in [0.717, 1.165) is 15.3 Å². The van der Waals surface area contributed by atoms with E-state index in [4.69, 9.17) is 0 Å². The quantitative estimate of drug-likeness (QED) is 0.773. The molecule has 0 saturated carbocycles. The van der Waals surface area contributed by atoms with Crippen LogP contribution in [0.3, 0.4) is 0 Å². The van der Waals surface area contributed by atoms with E-state index >= 15 is 0 Å². The highest BCUT2D eigenvalue weighted by Gasteiger charge is 2.16. The van der Waals surface area contributed by atoms with E-state index in [0.29, 0.717) is 0 Å². The molecule has 1 fully saturated rings. The molecule has 0 aliphatic carbocycles. The van der Waals surface area contributed by atoms with Crippen molar-refractivity contribution < 1.29 is 0 Å². The average molecular weight is 215 g/mol. The summed E-state index contributed by atoms with van der Waals surface area (Å²) in [6.07, 6.45) is 1.30. The van der Waals surface area contributed by atoms with Gasteiger partial charge in [0.05, 0.1) is 0 Å². The molecule has 2 rings (SSSR count). The van der Waals surface area contributed by atoms with Crippen LogP contribution in [-0.4, -0.2) is 29.0 Å². The van der Waals surface area contributed by atoms with Crippen LogP contribution in [0.25, 0.3) is 0 Å². The van der Waals surface area contributed by atoms with Gasteiger partial charge in [-0.1, -0.05) is 23.1 Å². The molecule has 3 nitrogen and oxygen atoms in total. The molecule has 1 saturated heterocycles. The van der Waals surface area contributed by atoms with E-state index in [-0.39, 0.29) is 0 Å². The zero-order chi connectivity index (χ0) is 9.10. The third-order valence-electron chi connectivity index (χ3n) is 2.13. The van der Waals surface area contributed by atoms with Gasteiger partial charge in [0.25, 0.3) is 0 Å². The molecule has 1 aliphatic heterocycles. The van der Waals surface area contributed by atoms with Crippen LogP contribution in [-0.2, 0) is 0 Å². The second-order valence-corrected chi connectivity index (χ2v) is 5.77. The molecule has 0 spiro atoms. The van der Waals surface area contributed by atoms with Crippen LogP contribution in [0.4, 0.5) is 0 Å². The molecule has 1 aromatic heterocycles. The van der Waals surface area contributed by atoms with Gasteiger partial charge in [-0.05, 0) is 32.4 Å². The van der Waals surface area contributed by atoms with Gasteiger partial charge in [-0.15, -0.1) is 10.2 Å². The molecule has 1 N–H and O–H groups in total. The first-order chi connectivity index (χ1) is 6.34. The van der Waals surface area contributed by atoms with Crippen molar-refractivity contribution >= 4 is 23.1 Å². The molecule has 0 unspecified atom stereocenters. The van der Waals surface area contributed by atoms with Crippen molar-refractivity contribution in [1.29, 1.82) is 0 Å². The standard InChI is InChI=1S/C8H13N3S2/c1-6-10-11-8(13-6)12-3-2-7-4-9-5-7/h7,9H,2-5H2,1H3. The van der Waals surface area contributed by atoms with Crippen LogP contribution in [0.1, 0.15) is 11.4 Å². The molecule has 0 bridgehead atoms. The highest BCUT2D eigenvalue weighted by atomic mass is 32.2. The maximum absolute atomic E-state index is 4.07. The van der Waals surface area contributed by atoms with Gasteiger partial charge in [-0.3, -0.25) is 0 Å². The fraction of sp³-hybridized carbons (Fsp3) is 0.750. The number of aromatic nitrogens is 2. The van der Waals surface area contributed by atoms with Gasteiger partial charge in [-0.2, -0.15) is 0 Å². The Labute approximate surface area is 86.3 Å². The summed E-state index contributed by atoms with van der Waals surface area (Å²) in [5.74, 6) is 2.09. The minimum Gasteiger partial charge on any atom is -0.316 e. The summed E-state index contributed by atoms with van der Waals surface area (Å²) in [4.78, 5) is 0. The van der Waals surface area contributed by atoms with Gasteiger partial charge < -0.3 is 5.32 Å². The van der Waals surface area contributed by atoms with Crippen molar-refractivity contribution in [3.8, 4) is 0 Å². The van der Waals surface area contributed by atoms with Gasteiger partial charge >= 0.3 is 0 Å². The summed E-state index contributed by atoms with van der Waals surface area (Å²) in [5, 5.41) is 12.4. The van der Waals surface area contributed by atoms with Crippen LogP contribution in [0, 0.1) is 12.8 Å². The number of aryl methyl sites for hydroxylation is 1. The molecular formula is C8H13N3S2. The Morgan fingerprint density at radius 3 is 2.92 bits per heavy atom. The Hall–Kier alpha value is -0.130. The maximum atomic E-state index is 4.07. The van der Waals surface area contributed by atoms with Gasteiger partial charge in [0, 0.05) is 5.75 Å². The first-order valence-corrected chi connectivity index (χ1v) is 6.28. The maximum Gasteiger partial charge on any atom is 0.174 e. The topological polar surface area (TPSA) is 37.8 Å². The van der Waals surface area contributed by atoms with Crippen molar-refractivity contribution in [3.05, 3.63) is 5.01 Å². The summed E-state index contributed by atoms with van der Waals surface area (Å²) >= 11 is 3.53. The minimum atomic E-state index is 0.904. The third kappa shape index (κ3) is 2.65. The third-order valence-corrected chi connectivity index (χ3v) is 4.13. The Bertz CT molecular complexity index is 270.